The van der Waals surface area contributed by atoms with Gasteiger partial charge in [0, 0.05) is 12.5 Å². The smallest absolute Gasteiger partial charge is 0.241 e. The lowest BCUT2D eigenvalue weighted by molar-refractivity contribution is -0.126. The zero-order chi connectivity index (χ0) is 34.1. The lowest BCUT2D eigenvalue weighted by Crippen LogP contribution is -2.41. The van der Waals surface area contributed by atoms with E-state index in [9.17, 15) is 24.9 Å². The molecule has 2 fully saturated rings. The minimum atomic E-state index is -0.878. The van der Waals surface area contributed by atoms with Gasteiger partial charge in [-0.3, -0.25) is 9.59 Å². The van der Waals surface area contributed by atoms with E-state index >= 15 is 0 Å². The van der Waals surface area contributed by atoms with E-state index in [1.807, 2.05) is 60.7 Å². The molecule has 254 valence electrons. The van der Waals surface area contributed by atoms with Crippen LogP contribution in [-0.2, 0) is 24.5 Å². The van der Waals surface area contributed by atoms with Gasteiger partial charge in [-0.05, 0) is 78.9 Å². The summed E-state index contributed by atoms with van der Waals surface area (Å²) in [6.07, 6.45) is 3.45. The molecule has 0 radical (unpaired) electrons. The van der Waals surface area contributed by atoms with Crippen LogP contribution in [0.4, 0.5) is 5.69 Å². The molecule has 3 heterocycles. The predicted molar refractivity (Wildman–Crippen MR) is 178 cm³/mol. The average Bonchev–Trinajstić information content (AvgIpc) is 3.73. The van der Waals surface area contributed by atoms with Crippen LogP contribution in [0.25, 0.3) is 0 Å². The molecule has 2 saturated heterocycles. The number of aromatic hydroxyl groups is 1. The molecular formula is C38H43NO9. The predicted octanol–water partition coefficient (Wildman–Crippen LogP) is 4.53. The Kier molecular flexibility index (Phi) is 9.62. The van der Waals surface area contributed by atoms with Crippen LogP contribution in [0.15, 0.2) is 84.9 Å². The molecule has 6 atom stereocenters. The van der Waals surface area contributed by atoms with Crippen LogP contribution in [0.3, 0.4) is 0 Å². The molecule has 2 bridgehead atoms. The summed E-state index contributed by atoms with van der Waals surface area (Å²) in [5, 5.41) is 30.2. The Labute approximate surface area is 280 Å². The molecule has 48 heavy (non-hydrogen) atoms. The van der Waals surface area contributed by atoms with E-state index in [4.69, 9.17) is 18.9 Å². The van der Waals surface area contributed by atoms with Crippen molar-refractivity contribution in [2.45, 2.75) is 62.4 Å². The number of nitrogens with zero attached hydrogens (tertiary/aromatic N) is 1. The van der Waals surface area contributed by atoms with Crippen LogP contribution in [0.1, 0.15) is 44.2 Å². The molecule has 3 aliphatic heterocycles. The first-order valence-corrected chi connectivity index (χ1v) is 16.4. The quantitative estimate of drug-likeness (QED) is 0.159. The standard InChI is InChI=1S/C38H43NO9/c1-37(2,25-8-16-31(17-9-25)47-23-29(42)21-45-3)24-6-14-30(15-7-24)46-22-28(41)5-4-19-38-20-18-32(48-38)33-34(38)36(44)39(35(33)43)26-10-12-27(40)13-11-26/h6-18,20,28-29,32-34,40-42H,4-5,19,21-23H2,1-3H3. The van der Waals surface area contributed by atoms with Gasteiger partial charge in [0.25, 0.3) is 0 Å². The fourth-order valence-corrected chi connectivity index (χ4v) is 7.07. The van der Waals surface area contributed by atoms with Crippen LogP contribution < -0.4 is 14.4 Å². The molecule has 3 aromatic rings. The van der Waals surface area contributed by atoms with Gasteiger partial charge < -0.3 is 34.3 Å². The SMILES string of the molecule is COCC(O)COc1ccc(C(C)(C)c2ccc(OCC(O)CCCC34C=CC(O3)C3C(=O)N(c5ccc(O)cc5)C(=O)C34)cc2)cc1. The summed E-state index contributed by atoms with van der Waals surface area (Å²) in [5.41, 5.74) is 1.48. The molecule has 0 aromatic heterocycles. The van der Waals surface area contributed by atoms with Gasteiger partial charge in [0.1, 0.15) is 36.6 Å². The Bertz CT molecular complexity index is 1620. The summed E-state index contributed by atoms with van der Waals surface area (Å²) in [6, 6.07) is 21.7. The highest BCUT2D eigenvalue weighted by molar-refractivity contribution is 6.23. The number of methoxy groups -OCH3 is 1. The number of imide groups is 1. The summed E-state index contributed by atoms with van der Waals surface area (Å²) in [5.74, 6) is -0.376. The second-order valence-corrected chi connectivity index (χ2v) is 13.4. The molecule has 2 amide bonds. The fourth-order valence-electron chi connectivity index (χ4n) is 7.07. The Morgan fingerprint density at radius 2 is 1.42 bits per heavy atom. The minimum absolute atomic E-state index is 0.0603. The monoisotopic (exact) mass is 657 g/mol. The summed E-state index contributed by atoms with van der Waals surface area (Å²) in [7, 11) is 1.54. The molecule has 10 nitrogen and oxygen atoms in total. The summed E-state index contributed by atoms with van der Waals surface area (Å²) in [6.45, 7) is 4.78. The zero-order valence-electron chi connectivity index (χ0n) is 27.5. The second-order valence-electron chi connectivity index (χ2n) is 13.4. The topological polar surface area (TPSA) is 135 Å². The zero-order valence-corrected chi connectivity index (χ0v) is 27.5. The summed E-state index contributed by atoms with van der Waals surface area (Å²) < 4.78 is 22.7. The van der Waals surface area contributed by atoms with Gasteiger partial charge in [0.2, 0.25) is 11.8 Å². The fraction of sp³-hybridized carbons (Fsp3) is 0.421. The number of benzene rings is 3. The maximum atomic E-state index is 13.5. The van der Waals surface area contributed by atoms with Crippen molar-refractivity contribution in [1.82, 2.24) is 0 Å². The van der Waals surface area contributed by atoms with Crippen molar-refractivity contribution < 1.29 is 43.9 Å². The summed E-state index contributed by atoms with van der Waals surface area (Å²) in [4.78, 5) is 28.0. The minimum Gasteiger partial charge on any atom is -0.508 e. The largest absolute Gasteiger partial charge is 0.508 e. The Morgan fingerprint density at radius 1 is 0.833 bits per heavy atom. The number of aliphatic hydroxyl groups excluding tert-OH is 2. The van der Waals surface area contributed by atoms with E-state index in [0.29, 0.717) is 36.4 Å². The third-order valence-electron chi connectivity index (χ3n) is 9.76. The van der Waals surface area contributed by atoms with Gasteiger partial charge in [-0.15, -0.1) is 0 Å². The van der Waals surface area contributed by atoms with Gasteiger partial charge in [-0.25, -0.2) is 4.90 Å². The first kappa shape index (κ1) is 33.7. The van der Waals surface area contributed by atoms with Crippen molar-refractivity contribution in [3.05, 3.63) is 96.1 Å². The number of rotatable bonds is 15. The lowest BCUT2D eigenvalue weighted by Gasteiger charge is -2.29. The molecule has 3 aromatic carbocycles. The number of phenolic OH excluding ortho intramolecular Hbond substituents is 1. The third-order valence-corrected chi connectivity index (χ3v) is 9.76. The molecule has 10 heteroatoms. The molecule has 0 spiro atoms. The molecule has 6 rings (SSSR count). The first-order chi connectivity index (χ1) is 23.0. The Balaban J connectivity index is 0.987. The average molecular weight is 658 g/mol. The number of phenols is 1. The molecule has 3 aliphatic rings. The van der Waals surface area contributed by atoms with Gasteiger partial charge in [-0.1, -0.05) is 50.3 Å². The highest BCUT2D eigenvalue weighted by Crippen LogP contribution is 2.54. The van der Waals surface area contributed by atoms with Crippen molar-refractivity contribution in [3.63, 3.8) is 0 Å². The number of ether oxygens (including phenoxy) is 4. The van der Waals surface area contributed by atoms with Crippen LogP contribution in [0.2, 0.25) is 0 Å². The first-order valence-electron chi connectivity index (χ1n) is 16.4. The van der Waals surface area contributed by atoms with Gasteiger partial charge in [0.15, 0.2) is 0 Å². The number of fused-ring (bicyclic) bond motifs is 5. The maximum absolute atomic E-state index is 13.5. The molecule has 3 N–H and O–H groups in total. The molecule has 0 aliphatic carbocycles. The Morgan fingerprint density at radius 3 is 2.00 bits per heavy atom. The number of hydrogen-bond donors (Lipinski definition) is 3. The number of carbonyl (C=O) groups is 2. The van der Waals surface area contributed by atoms with E-state index in [-0.39, 0.29) is 42.8 Å². The van der Waals surface area contributed by atoms with Crippen LogP contribution in [0, 0.1) is 11.8 Å². The van der Waals surface area contributed by atoms with Gasteiger partial charge >= 0.3 is 0 Å². The Hall–Kier alpha value is -4.22. The highest BCUT2D eigenvalue weighted by atomic mass is 16.5. The van der Waals surface area contributed by atoms with E-state index in [0.717, 1.165) is 11.1 Å². The van der Waals surface area contributed by atoms with Gasteiger partial charge in [0.05, 0.1) is 41.9 Å². The van der Waals surface area contributed by atoms with E-state index in [1.165, 1.54) is 24.1 Å². The third kappa shape index (κ3) is 6.58. The van der Waals surface area contributed by atoms with Crippen LogP contribution in [0.5, 0.6) is 17.2 Å². The number of carbonyl (C=O) groups excluding carboxylic acids is 2. The normalized spacial score (nSPS) is 24.2. The molecular weight excluding hydrogens is 614 g/mol. The van der Waals surface area contributed by atoms with Crippen molar-refractivity contribution in [1.29, 1.82) is 0 Å². The van der Waals surface area contributed by atoms with Crippen molar-refractivity contribution in [2.24, 2.45) is 11.8 Å². The van der Waals surface area contributed by atoms with Crippen LogP contribution in [-0.4, -0.2) is 78.0 Å². The number of aliphatic hydroxyl groups is 2. The summed E-state index contributed by atoms with van der Waals surface area (Å²) >= 11 is 0. The van der Waals surface area contributed by atoms with E-state index in [2.05, 4.69) is 13.8 Å². The number of anilines is 1. The van der Waals surface area contributed by atoms with E-state index in [1.54, 1.807) is 12.1 Å². The maximum Gasteiger partial charge on any atom is 0.241 e. The van der Waals surface area contributed by atoms with Crippen molar-refractivity contribution in [2.75, 3.05) is 31.8 Å². The number of amides is 2. The molecule has 0 saturated carbocycles. The highest BCUT2D eigenvalue weighted by Gasteiger charge is 2.67. The van der Waals surface area contributed by atoms with Crippen LogP contribution >= 0.6 is 0 Å². The van der Waals surface area contributed by atoms with Crippen molar-refractivity contribution >= 4 is 17.5 Å². The van der Waals surface area contributed by atoms with E-state index < -0.39 is 35.7 Å². The second kappa shape index (κ2) is 13.7. The number of hydrogen-bond acceptors (Lipinski definition) is 9. The van der Waals surface area contributed by atoms with Gasteiger partial charge in [-0.2, -0.15) is 0 Å². The lowest BCUT2D eigenvalue weighted by atomic mass is 9.74. The van der Waals surface area contributed by atoms with Crippen molar-refractivity contribution in [3.8, 4) is 17.2 Å². The molecule has 6 unspecified atom stereocenters.